The molecule has 1 unspecified atom stereocenters. The van der Waals surface area contributed by atoms with Crippen molar-refractivity contribution in [1.82, 2.24) is 14.7 Å². The summed E-state index contributed by atoms with van der Waals surface area (Å²) in [5.41, 5.74) is 0.358. The largest absolute Gasteiger partial charge is 0.376 e. The molecule has 0 aliphatic carbocycles. The van der Waals surface area contributed by atoms with Gasteiger partial charge in [-0.05, 0) is 25.7 Å². The maximum atomic E-state index is 12.2. The highest BCUT2D eigenvalue weighted by atomic mass is 32.2. The van der Waals surface area contributed by atoms with Crippen molar-refractivity contribution >= 4 is 27.5 Å². The van der Waals surface area contributed by atoms with Gasteiger partial charge in [0.25, 0.3) is 0 Å². The molecule has 0 radical (unpaired) electrons. The number of carbonyl (C=O) groups is 2. The molecule has 0 saturated carbocycles. The van der Waals surface area contributed by atoms with E-state index in [1.807, 2.05) is 0 Å². The van der Waals surface area contributed by atoms with Gasteiger partial charge in [0.1, 0.15) is 0 Å². The van der Waals surface area contributed by atoms with Crippen LogP contribution in [0.2, 0.25) is 0 Å². The number of sulfonamides is 1. The number of piperidine rings is 1. The van der Waals surface area contributed by atoms with Gasteiger partial charge in [-0.15, -0.1) is 0 Å². The van der Waals surface area contributed by atoms with Crippen LogP contribution in [0.5, 0.6) is 0 Å². The molecule has 2 saturated heterocycles. The van der Waals surface area contributed by atoms with Gasteiger partial charge in [0.2, 0.25) is 21.8 Å². The van der Waals surface area contributed by atoms with E-state index in [2.05, 4.69) is 9.82 Å². The van der Waals surface area contributed by atoms with Crippen LogP contribution in [0.1, 0.15) is 38.5 Å². The summed E-state index contributed by atoms with van der Waals surface area (Å²) in [5, 5.41) is 4.16. The first-order valence-corrected chi connectivity index (χ1v) is 10.6. The quantitative estimate of drug-likeness (QED) is 0.694. The lowest BCUT2D eigenvalue weighted by Gasteiger charge is -2.24. The van der Waals surface area contributed by atoms with E-state index in [0.29, 0.717) is 18.7 Å². The van der Waals surface area contributed by atoms with Crippen molar-refractivity contribution in [2.45, 2.75) is 51.2 Å². The van der Waals surface area contributed by atoms with Crippen molar-refractivity contribution in [3.8, 4) is 0 Å². The highest BCUT2D eigenvalue weighted by Crippen LogP contribution is 2.16. The smallest absolute Gasteiger partial charge is 0.234 e. The Morgan fingerprint density at radius 1 is 1.19 bits per heavy atom. The van der Waals surface area contributed by atoms with Crippen molar-refractivity contribution in [2.75, 3.05) is 23.6 Å². The second-order valence-electron chi connectivity index (χ2n) is 6.65. The van der Waals surface area contributed by atoms with E-state index in [-0.39, 0.29) is 43.1 Å². The number of carbonyl (C=O) groups excluding carboxylic acids is 2. The second-order valence-corrected chi connectivity index (χ2v) is 8.50. The number of nitrogens with one attached hydrogen (secondary N) is 1. The summed E-state index contributed by atoms with van der Waals surface area (Å²) in [7, 11) is -3.68. The van der Waals surface area contributed by atoms with Gasteiger partial charge in [-0.1, -0.05) is 0 Å². The molecule has 0 bridgehead atoms. The Morgan fingerprint density at radius 2 is 1.96 bits per heavy atom. The van der Waals surface area contributed by atoms with Crippen molar-refractivity contribution in [3.05, 3.63) is 12.4 Å². The highest BCUT2D eigenvalue weighted by Gasteiger charge is 2.27. The van der Waals surface area contributed by atoms with Gasteiger partial charge in [-0.2, -0.15) is 5.10 Å². The minimum Gasteiger partial charge on any atom is -0.376 e. The van der Waals surface area contributed by atoms with Crippen LogP contribution in [0.25, 0.3) is 0 Å². The first kappa shape index (κ1) is 18.8. The second kappa shape index (κ2) is 8.17. The number of amides is 2. The summed E-state index contributed by atoms with van der Waals surface area (Å²) in [6, 6.07) is 0. The van der Waals surface area contributed by atoms with Crippen LogP contribution >= 0.6 is 0 Å². The van der Waals surface area contributed by atoms with Crippen LogP contribution in [0.3, 0.4) is 0 Å². The number of likely N-dealkylation sites (tertiary alicyclic amines) is 1. The molecule has 3 rings (SSSR count). The van der Waals surface area contributed by atoms with E-state index in [1.165, 1.54) is 6.20 Å². The summed E-state index contributed by atoms with van der Waals surface area (Å²) >= 11 is 0. The third-order valence-corrected chi connectivity index (χ3v) is 5.81. The molecule has 3 heterocycles. The van der Waals surface area contributed by atoms with E-state index in [9.17, 15) is 18.0 Å². The molecule has 2 aliphatic heterocycles. The number of anilines is 1. The van der Waals surface area contributed by atoms with Gasteiger partial charge in [-0.25, -0.2) is 8.42 Å². The number of nitrogens with zero attached hydrogens (tertiary/aromatic N) is 3. The standard InChI is InChI=1S/C16H24N4O5S/c21-15-5-3-6-16(22)20(15)7-9-26(23,24)18-13-10-17-19(11-13)12-14-4-1-2-8-25-14/h10-11,14,18H,1-9,12H2. The van der Waals surface area contributed by atoms with Crippen molar-refractivity contribution < 1.29 is 22.7 Å². The summed E-state index contributed by atoms with van der Waals surface area (Å²) < 4.78 is 34.2. The zero-order valence-electron chi connectivity index (χ0n) is 14.6. The van der Waals surface area contributed by atoms with Crippen molar-refractivity contribution in [1.29, 1.82) is 0 Å². The number of rotatable bonds is 7. The molecule has 0 spiro atoms. The van der Waals surface area contributed by atoms with Gasteiger partial charge in [0, 0.05) is 32.2 Å². The lowest BCUT2D eigenvalue weighted by Crippen LogP contribution is -2.43. The van der Waals surface area contributed by atoms with Crippen LogP contribution in [-0.4, -0.2) is 59.9 Å². The lowest BCUT2D eigenvalue weighted by molar-refractivity contribution is -0.147. The molecule has 9 nitrogen and oxygen atoms in total. The molecule has 144 valence electrons. The molecule has 1 atom stereocenters. The first-order valence-electron chi connectivity index (χ1n) is 8.91. The molecule has 1 N–H and O–H groups in total. The van der Waals surface area contributed by atoms with Crippen LogP contribution < -0.4 is 4.72 Å². The van der Waals surface area contributed by atoms with Crippen LogP contribution in [0.4, 0.5) is 5.69 Å². The fraction of sp³-hybridized carbons (Fsp3) is 0.688. The zero-order valence-corrected chi connectivity index (χ0v) is 15.4. The molecule has 10 heteroatoms. The Balaban J connectivity index is 1.52. The number of ether oxygens (including phenoxy) is 1. The fourth-order valence-electron chi connectivity index (χ4n) is 3.17. The predicted molar refractivity (Wildman–Crippen MR) is 93.8 cm³/mol. The van der Waals surface area contributed by atoms with Gasteiger partial charge < -0.3 is 4.74 Å². The number of aromatic nitrogens is 2. The van der Waals surface area contributed by atoms with E-state index in [0.717, 1.165) is 30.8 Å². The van der Waals surface area contributed by atoms with Gasteiger partial charge in [0.15, 0.2) is 0 Å². The lowest BCUT2D eigenvalue weighted by atomic mass is 10.1. The molecule has 2 amide bonds. The average Bonchev–Trinajstić information content (AvgIpc) is 3.01. The number of hydrogen-bond acceptors (Lipinski definition) is 6. The molecule has 1 aromatic heterocycles. The third-order valence-electron chi connectivity index (χ3n) is 4.54. The van der Waals surface area contributed by atoms with Gasteiger partial charge >= 0.3 is 0 Å². The van der Waals surface area contributed by atoms with E-state index >= 15 is 0 Å². The topological polar surface area (TPSA) is 111 Å². The highest BCUT2D eigenvalue weighted by molar-refractivity contribution is 7.92. The monoisotopic (exact) mass is 384 g/mol. The average molecular weight is 384 g/mol. The summed E-state index contributed by atoms with van der Waals surface area (Å²) in [6.07, 6.45) is 7.43. The summed E-state index contributed by atoms with van der Waals surface area (Å²) in [5.74, 6) is -0.949. The van der Waals surface area contributed by atoms with Gasteiger partial charge in [-0.3, -0.25) is 23.9 Å². The Kier molecular flexibility index (Phi) is 5.92. The maximum Gasteiger partial charge on any atom is 0.234 e. The Morgan fingerprint density at radius 3 is 2.65 bits per heavy atom. The molecule has 26 heavy (non-hydrogen) atoms. The fourth-order valence-corrected chi connectivity index (χ4v) is 4.16. The van der Waals surface area contributed by atoms with Crippen LogP contribution in [0, 0.1) is 0 Å². The van der Waals surface area contributed by atoms with E-state index in [4.69, 9.17) is 4.74 Å². The first-order chi connectivity index (χ1) is 12.4. The number of imide groups is 1. The Bertz CT molecular complexity index is 738. The van der Waals surface area contributed by atoms with E-state index in [1.54, 1.807) is 10.9 Å². The third kappa shape index (κ3) is 5.04. The minimum atomic E-state index is -3.68. The minimum absolute atomic E-state index is 0.101. The zero-order chi connectivity index (χ0) is 18.6. The molecule has 0 aromatic carbocycles. The maximum absolute atomic E-state index is 12.2. The number of hydrogen-bond donors (Lipinski definition) is 1. The van der Waals surface area contributed by atoms with E-state index < -0.39 is 10.0 Å². The Labute approximate surface area is 152 Å². The molecular formula is C16H24N4O5S. The summed E-state index contributed by atoms with van der Waals surface area (Å²) in [4.78, 5) is 24.5. The van der Waals surface area contributed by atoms with Crippen molar-refractivity contribution in [3.63, 3.8) is 0 Å². The Hall–Kier alpha value is -1.94. The molecule has 2 fully saturated rings. The summed E-state index contributed by atoms with van der Waals surface area (Å²) in [6.45, 7) is 1.20. The van der Waals surface area contributed by atoms with Gasteiger partial charge in [0.05, 0.1) is 30.3 Å². The predicted octanol–water partition coefficient (Wildman–Crippen LogP) is 0.733. The SMILES string of the molecule is O=C1CCCC(=O)N1CCS(=O)(=O)Nc1cnn(CC2CCCCO2)c1. The van der Waals surface area contributed by atoms with Crippen LogP contribution in [-0.2, 0) is 30.9 Å². The molecule has 2 aliphatic rings. The normalized spacial score (nSPS) is 21.8. The molecule has 1 aromatic rings. The van der Waals surface area contributed by atoms with Crippen molar-refractivity contribution in [2.24, 2.45) is 0 Å². The van der Waals surface area contributed by atoms with Crippen LogP contribution in [0.15, 0.2) is 12.4 Å². The molecular weight excluding hydrogens is 360 g/mol.